The molecule has 0 saturated heterocycles. The van der Waals surface area contributed by atoms with Crippen molar-refractivity contribution in [3.05, 3.63) is 65.5 Å². The van der Waals surface area contributed by atoms with Crippen molar-refractivity contribution in [2.24, 2.45) is 0 Å². The summed E-state index contributed by atoms with van der Waals surface area (Å²) in [5.74, 6) is 0.885. The second-order valence-corrected chi connectivity index (χ2v) is 9.01. The zero-order valence-electron chi connectivity index (χ0n) is 20.9. The SMILES string of the molecule is COc1cc(-c2nn(-c3ccc(N(C)C(=O)C=CCN(C)C)c(Cl)c3)c3ncnc(N)c23)ccc1C. The highest BCUT2D eigenvalue weighted by Crippen LogP contribution is 2.35. The fourth-order valence-electron chi connectivity index (χ4n) is 3.82. The first-order chi connectivity index (χ1) is 17.2. The number of hydrogen-bond acceptors (Lipinski definition) is 7. The predicted molar refractivity (Wildman–Crippen MR) is 144 cm³/mol. The van der Waals surface area contributed by atoms with Gasteiger partial charge in [-0.2, -0.15) is 5.10 Å². The third kappa shape index (κ3) is 4.89. The number of nitrogens with zero attached hydrogens (tertiary/aromatic N) is 6. The monoisotopic (exact) mass is 505 g/mol. The molecule has 2 N–H and O–H groups in total. The van der Waals surface area contributed by atoms with Crippen LogP contribution in [0.25, 0.3) is 28.0 Å². The van der Waals surface area contributed by atoms with Crippen LogP contribution in [-0.2, 0) is 4.79 Å². The number of likely N-dealkylation sites (N-methyl/N-ethyl adjacent to an activating group) is 2. The van der Waals surface area contributed by atoms with Gasteiger partial charge in [0.1, 0.15) is 23.6 Å². The summed E-state index contributed by atoms with van der Waals surface area (Å²) in [4.78, 5) is 24.7. The molecule has 0 radical (unpaired) electrons. The number of amides is 1. The number of hydrogen-bond donors (Lipinski definition) is 1. The molecule has 0 aliphatic carbocycles. The maximum Gasteiger partial charge on any atom is 0.250 e. The number of methoxy groups -OCH3 is 1. The van der Waals surface area contributed by atoms with Crippen molar-refractivity contribution in [3.63, 3.8) is 0 Å². The number of nitrogens with two attached hydrogens (primary N) is 1. The summed E-state index contributed by atoms with van der Waals surface area (Å²) in [5.41, 5.74) is 10.5. The van der Waals surface area contributed by atoms with Crippen molar-refractivity contribution >= 4 is 40.0 Å². The molecule has 0 fully saturated rings. The van der Waals surface area contributed by atoms with E-state index in [1.807, 2.05) is 56.3 Å². The minimum Gasteiger partial charge on any atom is -0.496 e. The highest BCUT2D eigenvalue weighted by Gasteiger charge is 2.20. The average molecular weight is 506 g/mol. The second kappa shape index (κ2) is 10.3. The van der Waals surface area contributed by atoms with Crippen molar-refractivity contribution in [2.45, 2.75) is 6.92 Å². The van der Waals surface area contributed by atoms with Gasteiger partial charge >= 0.3 is 0 Å². The van der Waals surface area contributed by atoms with E-state index < -0.39 is 0 Å². The van der Waals surface area contributed by atoms with Crippen LogP contribution >= 0.6 is 11.6 Å². The molecule has 1 amide bonds. The van der Waals surface area contributed by atoms with Gasteiger partial charge in [-0.15, -0.1) is 0 Å². The minimum atomic E-state index is -0.174. The van der Waals surface area contributed by atoms with Crippen LogP contribution in [0.4, 0.5) is 11.5 Å². The van der Waals surface area contributed by atoms with Gasteiger partial charge in [0.05, 0.1) is 28.9 Å². The van der Waals surface area contributed by atoms with Crippen molar-refractivity contribution < 1.29 is 9.53 Å². The molecule has 2 aromatic carbocycles. The van der Waals surface area contributed by atoms with Crippen molar-refractivity contribution in [2.75, 3.05) is 45.4 Å². The quantitative estimate of drug-likeness (QED) is 0.377. The van der Waals surface area contributed by atoms with Crippen LogP contribution < -0.4 is 15.4 Å². The molecule has 4 rings (SSSR count). The van der Waals surface area contributed by atoms with E-state index in [1.165, 1.54) is 17.3 Å². The van der Waals surface area contributed by atoms with Crippen molar-refractivity contribution in [1.82, 2.24) is 24.6 Å². The van der Waals surface area contributed by atoms with Gasteiger partial charge < -0.3 is 20.3 Å². The van der Waals surface area contributed by atoms with E-state index in [4.69, 9.17) is 27.2 Å². The van der Waals surface area contributed by atoms with Crippen molar-refractivity contribution in [3.8, 4) is 22.7 Å². The van der Waals surface area contributed by atoms with E-state index in [0.717, 1.165) is 16.9 Å². The Balaban J connectivity index is 1.76. The fourth-order valence-corrected chi connectivity index (χ4v) is 4.12. The Hall–Kier alpha value is -3.95. The predicted octanol–water partition coefficient (Wildman–Crippen LogP) is 4.12. The first-order valence-electron chi connectivity index (χ1n) is 11.2. The summed E-state index contributed by atoms with van der Waals surface area (Å²) < 4.78 is 7.16. The maximum absolute atomic E-state index is 12.6. The van der Waals surface area contributed by atoms with Gasteiger partial charge in [-0.05, 0) is 50.8 Å². The number of aromatic nitrogens is 4. The lowest BCUT2D eigenvalue weighted by Crippen LogP contribution is -2.24. The lowest BCUT2D eigenvalue weighted by atomic mass is 10.1. The van der Waals surface area contributed by atoms with E-state index >= 15 is 0 Å². The Morgan fingerprint density at radius 2 is 1.94 bits per heavy atom. The standard InChI is InChI=1S/C26H28ClN7O2/c1-16-8-9-17(13-21(16)36-5)24-23-25(28)29-15-30-26(23)34(31-24)18-10-11-20(19(27)14-18)33(4)22(35)7-6-12-32(2)3/h6-11,13-15H,12H2,1-5H3,(H2,28,29,30). The molecule has 36 heavy (non-hydrogen) atoms. The molecule has 0 spiro atoms. The first kappa shape index (κ1) is 25.2. The third-order valence-electron chi connectivity index (χ3n) is 5.77. The molecular formula is C26H28ClN7O2. The molecule has 9 nitrogen and oxygen atoms in total. The highest BCUT2D eigenvalue weighted by molar-refractivity contribution is 6.34. The normalized spacial score (nSPS) is 11.5. The number of benzene rings is 2. The number of carbonyl (C=O) groups is 1. The van der Waals surface area contributed by atoms with Gasteiger partial charge in [0, 0.05) is 25.2 Å². The van der Waals surface area contributed by atoms with Gasteiger partial charge in [0.15, 0.2) is 5.65 Å². The van der Waals surface area contributed by atoms with Crippen LogP contribution in [0.15, 0.2) is 54.9 Å². The lowest BCUT2D eigenvalue weighted by molar-refractivity contribution is -0.113. The van der Waals surface area contributed by atoms with Gasteiger partial charge in [-0.1, -0.05) is 29.8 Å². The lowest BCUT2D eigenvalue weighted by Gasteiger charge is -2.18. The van der Waals surface area contributed by atoms with Gasteiger partial charge in [-0.25, -0.2) is 14.6 Å². The average Bonchev–Trinajstić information content (AvgIpc) is 3.24. The molecule has 10 heteroatoms. The maximum atomic E-state index is 12.6. The molecule has 0 bridgehead atoms. The summed E-state index contributed by atoms with van der Waals surface area (Å²) in [6.45, 7) is 2.64. The number of nitrogen functional groups attached to an aromatic ring is 1. The van der Waals surface area contributed by atoms with E-state index in [1.54, 1.807) is 31.0 Å². The number of ether oxygens (including phenoxy) is 1. The van der Waals surface area contributed by atoms with Crippen LogP contribution in [0.3, 0.4) is 0 Å². The number of fused-ring (bicyclic) bond motifs is 1. The molecule has 0 aliphatic heterocycles. The molecule has 2 aromatic heterocycles. The van der Waals surface area contributed by atoms with Crippen LogP contribution in [0.2, 0.25) is 5.02 Å². The summed E-state index contributed by atoms with van der Waals surface area (Å²) in [5, 5.41) is 5.85. The van der Waals surface area contributed by atoms with E-state index in [-0.39, 0.29) is 5.91 Å². The Kier molecular flexibility index (Phi) is 7.23. The van der Waals surface area contributed by atoms with Crippen LogP contribution in [-0.4, -0.2) is 65.4 Å². The minimum absolute atomic E-state index is 0.174. The molecular weight excluding hydrogens is 478 g/mol. The van der Waals surface area contributed by atoms with E-state index in [2.05, 4.69) is 9.97 Å². The van der Waals surface area contributed by atoms with Gasteiger partial charge in [0.25, 0.3) is 0 Å². The number of halogens is 1. The Labute approximate surface area is 214 Å². The molecule has 186 valence electrons. The number of anilines is 2. The summed E-state index contributed by atoms with van der Waals surface area (Å²) in [6, 6.07) is 11.2. The Morgan fingerprint density at radius 3 is 2.64 bits per heavy atom. The van der Waals surface area contributed by atoms with E-state index in [9.17, 15) is 4.79 Å². The summed E-state index contributed by atoms with van der Waals surface area (Å²) in [7, 11) is 7.19. The summed E-state index contributed by atoms with van der Waals surface area (Å²) in [6.07, 6.45) is 4.74. The third-order valence-corrected chi connectivity index (χ3v) is 6.08. The number of aryl methyl sites for hydroxylation is 1. The molecule has 0 atom stereocenters. The smallest absolute Gasteiger partial charge is 0.250 e. The summed E-state index contributed by atoms with van der Waals surface area (Å²) >= 11 is 6.62. The second-order valence-electron chi connectivity index (χ2n) is 8.60. The van der Waals surface area contributed by atoms with E-state index in [0.29, 0.717) is 45.5 Å². The molecule has 0 unspecified atom stereocenters. The Morgan fingerprint density at radius 1 is 1.17 bits per heavy atom. The number of rotatable bonds is 7. The van der Waals surface area contributed by atoms with Gasteiger partial charge in [0.2, 0.25) is 5.91 Å². The van der Waals surface area contributed by atoms with Crippen LogP contribution in [0.5, 0.6) is 5.75 Å². The van der Waals surface area contributed by atoms with Crippen molar-refractivity contribution in [1.29, 1.82) is 0 Å². The highest BCUT2D eigenvalue weighted by atomic mass is 35.5. The molecule has 0 saturated carbocycles. The van der Waals surface area contributed by atoms with Crippen LogP contribution in [0.1, 0.15) is 5.56 Å². The zero-order chi connectivity index (χ0) is 26.0. The van der Waals surface area contributed by atoms with Crippen LogP contribution in [0, 0.1) is 6.92 Å². The topological polar surface area (TPSA) is 102 Å². The fraction of sp³-hybridized carbons (Fsp3) is 0.231. The largest absolute Gasteiger partial charge is 0.496 e. The zero-order valence-corrected chi connectivity index (χ0v) is 21.6. The molecule has 4 aromatic rings. The van der Waals surface area contributed by atoms with Gasteiger partial charge in [-0.3, -0.25) is 4.79 Å². The Bertz CT molecular complexity index is 1460. The number of carbonyl (C=O) groups excluding carboxylic acids is 1. The molecule has 0 aliphatic rings. The molecule has 2 heterocycles. The first-order valence-corrected chi connectivity index (χ1v) is 11.6.